The summed E-state index contributed by atoms with van der Waals surface area (Å²) in [6.07, 6.45) is 1.76. The van der Waals surface area contributed by atoms with Crippen LogP contribution < -0.4 is 0 Å². The van der Waals surface area contributed by atoms with Gasteiger partial charge in [0.2, 0.25) is 0 Å². The maximum atomic E-state index is 11.2. The first kappa shape index (κ1) is 11.5. The van der Waals surface area contributed by atoms with E-state index in [1.54, 1.807) is 13.1 Å². The second-order valence-corrected chi connectivity index (χ2v) is 4.06. The zero-order chi connectivity index (χ0) is 12.4. The molecule has 0 aliphatic rings. The molecule has 0 amide bonds. The number of nitrogens with zero attached hydrogens (tertiary/aromatic N) is 2. The van der Waals surface area contributed by atoms with Crippen molar-refractivity contribution in [2.75, 3.05) is 0 Å². The van der Waals surface area contributed by atoms with Gasteiger partial charge in [0.15, 0.2) is 5.78 Å². The first-order chi connectivity index (χ1) is 8.08. The van der Waals surface area contributed by atoms with Gasteiger partial charge in [0.1, 0.15) is 0 Å². The first-order valence-corrected chi connectivity index (χ1v) is 5.49. The molecule has 0 atom stereocenters. The normalized spacial score (nSPS) is 10.3. The highest BCUT2D eigenvalue weighted by Gasteiger charge is 2.04. The van der Waals surface area contributed by atoms with E-state index in [1.807, 2.05) is 38.1 Å². The van der Waals surface area contributed by atoms with Gasteiger partial charge in [-0.1, -0.05) is 24.3 Å². The average molecular weight is 226 g/mol. The van der Waals surface area contributed by atoms with Crippen LogP contribution in [0.3, 0.4) is 0 Å². The molecule has 0 aliphatic heterocycles. The van der Waals surface area contributed by atoms with Gasteiger partial charge in [0.05, 0.1) is 23.3 Å². The fourth-order valence-corrected chi connectivity index (χ4v) is 1.56. The Morgan fingerprint density at radius 2 is 1.71 bits per heavy atom. The van der Waals surface area contributed by atoms with Crippen molar-refractivity contribution < 1.29 is 4.79 Å². The molecule has 0 fully saturated rings. The molecule has 3 heteroatoms. The molecular formula is C14H14N2O. The Bertz CT molecular complexity index is 559. The summed E-state index contributed by atoms with van der Waals surface area (Å²) in [5, 5.41) is 0. The third-order valence-corrected chi connectivity index (χ3v) is 2.78. The van der Waals surface area contributed by atoms with Crippen molar-refractivity contribution in [2.24, 2.45) is 0 Å². The molecule has 1 aromatic heterocycles. The average Bonchev–Trinajstić information content (AvgIpc) is 2.33. The molecule has 0 aliphatic carbocycles. The highest BCUT2D eigenvalue weighted by molar-refractivity contribution is 5.94. The monoisotopic (exact) mass is 226 g/mol. The van der Waals surface area contributed by atoms with Gasteiger partial charge >= 0.3 is 0 Å². The Morgan fingerprint density at radius 3 is 2.24 bits per heavy atom. The SMILES string of the molecule is CC(=O)c1ccc(-c2cnc(C)c(C)n2)cc1. The van der Waals surface area contributed by atoms with Gasteiger partial charge in [-0.05, 0) is 20.8 Å². The standard InChI is InChI=1S/C14H14N2O/c1-9-10(2)16-14(8-15-9)13-6-4-12(5-7-13)11(3)17/h4-8H,1-3H3. The summed E-state index contributed by atoms with van der Waals surface area (Å²) < 4.78 is 0. The van der Waals surface area contributed by atoms with Crippen LogP contribution in [0.1, 0.15) is 28.7 Å². The Morgan fingerprint density at radius 1 is 1.06 bits per heavy atom. The van der Waals surface area contributed by atoms with Crippen LogP contribution in [0.15, 0.2) is 30.5 Å². The van der Waals surface area contributed by atoms with E-state index in [0.717, 1.165) is 22.6 Å². The maximum Gasteiger partial charge on any atom is 0.159 e. The van der Waals surface area contributed by atoms with Crippen LogP contribution in [-0.4, -0.2) is 15.8 Å². The van der Waals surface area contributed by atoms with Gasteiger partial charge in [-0.3, -0.25) is 9.78 Å². The highest BCUT2D eigenvalue weighted by atomic mass is 16.1. The smallest absolute Gasteiger partial charge is 0.159 e. The largest absolute Gasteiger partial charge is 0.295 e. The van der Waals surface area contributed by atoms with Gasteiger partial charge in [-0.2, -0.15) is 0 Å². The molecule has 0 spiro atoms. The lowest BCUT2D eigenvalue weighted by molar-refractivity contribution is 0.101. The minimum Gasteiger partial charge on any atom is -0.295 e. The summed E-state index contributed by atoms with van der Waals surface area (Å²) in [4.78, 5) is 19.9. The summed E-state index contributed by atoms with van der Waals surface area (Å²) in [5.41, 5.74) is 4.39. The number of rotatable bonds is 2. The molecule has 0 unspecified atom stereocenters. The van der Waals surface area contributed by atoms with Gasteiger partial charge < -0.3 is 0 Å². The predicted octanol–water partition coefficient (Wildman–Crippen LogP) is 2.96. The summed E-state index contributed by atoms with van der Waals surface area (Å²) in [5.74, 6) is 0.0720. The van der Waals surface area contributed by atoms with E-state index >= 15 is 0 Å². The van der Waals surface area contributed by atoms with Crippen molar-refractivity contribution in [3.8, 4) is 11.3 Å². The van der Waals surface area contributed by atoms with Crippen LogP contribution in [0.2, 0.25) is 0 Å². The summed E-state index contributed by atoms with van der Waals surface area (Å²) in [6, 6.07) is 7.42. The number of benzene rings is 1. The molecule has 1 aromatic carbocycles. The van der Waals surface area contributed by atoms with Crippen molar-refractivity contribution in [3.63, 3.8) is 0 Å². The van der Waals surface area contributed by atoms with Crippen molar-refractivity contribution in [2.45, 2.75) is 20.8 Å². The van der Waals surface area contributed by atoms with Gasteiger partial charge in [0, 0.05) is 11.1 Å². The molecule has 2 rings (SSSR count). The minimum atomic E-state index is 0.0720. The van der Waals surface area contributed by atoms with Crippen molar-refractivity contribution in [1.29, 1.82) is 0 Å². The molecule has 0 radical (unpaired) electrons. The maximum absolute atomic E-state index is 11.2. The van der Waals surface area contributed by atoms with Crippen molar-refractivity contribution >= 4 is 5.78 Å². The molecule has 3 nitrogen and oxygen atoms in total. The number of carbonyl (C=O) groups is 1. The third-order valence-electron chi connectivity index (χ3n) is 2.78. The van der Waals surface area contributed by atoms with Crippen LogP contribution in [0.5, 0.6) is 0 Å². The predicted molar refractivity (Wildman–Crippen MR) is 66.9 cm³/mol. The molecule has 2 aromatic rings. The van der Waals surface area contributed by atoms with Gasteiger partial charge in [-0.25, -0.2) is 4.98 Å². The molecule has 86 valence electrons. The van der Waals surface area contributed by atoms with Crippen LogP contribution in [0.25, 0.3) is 11.3 Å². The number of aromatic nitrogens is 2. The lowest BCUT2D eigenvalue weighted by Crippen LogP contribution is -1.95. The zero-order valence-electron chi connectivity index (χ0n) is 10.2. The van der Waals surface area contributed by atoms with Crippen LogP contribution >= 0.6 is 0 Å². The van der Waals surface area contributed by atoms with E-state index in [4.69, 9.17) is 0 Å². The van der Waals surface area contributed by atoms with E-state index < -0.39 is 0 Å². The Hall–Kier alpha value is -2.03. The summed E-state index contributed by atoms with van der Waals surface area (Å²) in [6.45, 7) is 5.44. The lowest BCUT2D eigenvalue weighted by atomic mass is 10.1. The number of carbonyl (C=O) groups excluding carboxylic acids is 1. The van der Waals surface area contributed by atoms with Gasteiger partial charge in [0.25, 0.3) is 0 Å². The molecule has 0 N–H and O–H groups in total. The summed E-state index contributed by atoms with van der Waals surface area (Å²) in [7, 11) is 0. The molecular weight excluding hydrogens is 212 g/mol. The minimum absolute atomic E-state index is 0.0720. The van der Waals surface area contributed by atoms with E-state index in [0.29, 0.717) is 5.56 Å². The molecule has 17 heavy (non-hydrogen) atoms. The second-order valence-electron chi connectivity index (χ2n) is 4.06. The quantitative estimate of drug-likeness (QED) is 0.739. The van der Waals surface area contributed by atoms with Crippen molar-refractivity contribution in [1.82, 2.24) is 9.97 Å². The first-order valence-electron chi connectivity index (χ1n) is 5.49. The zero-order valence-corrected chi connectivity index (χ0v) is 10.2. The Kier molecular flexibility index (Phi) is 3.00. The summed E-state index contributed by atoms with van der Waals surface area (Å²) >= 11 is 0. The molecule has 1 heterocycles. The third kappa shape index (κ3) is 2.38. The molecule has 0 saturated carbocycles. The topological polar surface area (TPSA) is 42.9 Å². The van der Waals surface area contributed by atoms with Gasteiger partial charge in [-0.15, -0.1) is 0 Å². The molecule has 0 saturated heterocycles. The highest BCUT2D eigenvalue weighted by Crippen LogP contribution is 2.18. The van der Waals surface area contributed by atoms with Crippen molar-refractivity contribution in [3.05, 3.63) is 47.4 Å². The Labute approximate surface area is 101 Å². The second kappa shape index (κ2) is 4.45. The number of Topliss-reactive ketones (excluding diaryl/α,β-unsaturated/α-hetero) is 1. The number of ketones is 1. The van der Waals surface area contributed by atoms with Crippen LogP contribution in [0.4, 0.5) is 0 Å². The number of aryl methyl sites for hydroxylation is 2. The fraction of sp³-hybridized carbons (Fsp3) is 0.214. The van der Waals surface area contributed by atoms with E-state index in [1.165, 1.54) is 0 Å². The van der Waals surface area contributed by atoms with Crippen LogP contribution in [-0.2, 0) is 0 Å². The van der Waals surface area contributed by atoms with E-state index in [-0.39, 0.29) is 5.78 Å². The molecule has 0 bridgehead atoms. The van der Waals surface area contributed by atoms with E-state index in [2.05, 4.69) is 9.97 Å². The Balaban J connectivity index is 2.39. The van der Waals surface area contributed by atoms with E-state index in [9.17, 15) is 4.79 Å². The number of hydrogen-bond acceptors (Lipinski definition) is 3. The van der Waals surface area contributed by atoms with Crippen LogP contribution in [0, 0.1) is 13.8 Å². The number of hydrogen-bond donors (Lipinski definition) is 0. The fourth-order valence-electron chi connectivity index (χ4n) is 1.56. The lowest BCUT2D eigenvalue weighted by Gasteiger charge is -2.04.